The van der Waals surface area contributed by atoms with E-state index in [1.54, 1.807) is 11.8 Å². The van der Waals surface area contributed by atoms with E-state index in [0.717, 1.165) is 25.9 Å². The molecule has 38 heavy (non-hydrogen) atoms. The number of thiocarbonyl (C=S) groups is 1. The molecule has 1 heterocycles. The molecular weight excluding hydrogens is 540 g/mol. The van der Waals surface area contributed by atoms with Crippen molar-refractivity contribution in [1.82, 2.24) is 20.9 Å². The van der Waals surface area contributed by atoms with E-state index in [-0.39, 0.29) is 24.4 Å². The molecule has 3 rings (SSSR count). The highest BCUT2D eigenvalue weighted by Gasteiger charge is 2.38. The van der Waals surface area contributed by atoms with Gasteiger partial charge in [0.2, 0.25) is 5.91 Å². The lowest BCUT2D eigenvalue weighted by Gasteiger charge is -2.30. The van der Waals surface area contributed by atoms with Crippen molar-refractivity contribution in [3.05, 3.63) is 35.9 Å². The van der Waals surface area contributed by atoms with Crippen LogP contribution in [0.2, 0.25) is 0 Å². The van der Waals surface area contributed by atoms with Crippen LogP contribution in [0.3, 0.4) is 0 Å². The number of nitrogens with one attached hydrogen (secondary N) is 3. The topological polar surface area (TPSA) is 82.7 Å². The summed E-state index contributed by atoms with van der Waals surface area (Å²) < 4.78 is 5.54. The molecule has 0 bridgehead atoms. The van der Waals surface area contributed by atoms with Gasteiger partial charge in [0.25, 0.3) is 0 Å². The molecule has 0 unspecified atom stereocenters. The highest BCUT2D eigenvalue weighted by Crippen LogP contribution is 2.28. The average molecular weight is 585 g/mol. The summed E-state index contributed by atoms with van der Waals surface area (Å²) in [5.74, 6) is 1.55. The summed E-state index contributed by atoms with van der Waals surface area (Å²) in [7, 11) is 0. The highest BCUT2D eigenvalue weighted by atomic mass is 35.5. The van der Waals surface area contributed by atoms with Crippen LogP contribution in [-0.4, -0.2) is 64.3 Å². The third-order valence-electron chi connectivity index (χ3n) is 6.81. The number of carbonyl (C=O) groups is 2. The summed E-state index contributed by atoms with van der Waals surface area (Å²) in [6.45, 7) is 7.77. The monoisotopic (exact) mass is 584 g/mol. The number of benzene rings is 1. The molecule has 1 aliphatic heterocycles. The Bertz CT molecular complexity index is 879. The minimum Gasteiger partial charge on any atom is -0.444 e. The van der Waals surface area contributed by atoms with Gasteiger partial charge in [0.1, 0.15) is 11.6 Å². The molecule has 0 aromatic heterocycles. The normalized spacial score (nSPS) is 18.8. The van der Waals surface area contributed by atoms with Crippen LogP contribution in [-0.2, 0) is 16.1 Å². The maximum atomic E-state index is 13.4. The van der Waals surface area contributed by atoms with Gasteiger partial charge in [0, 0.05) is 25.4 Å². The van der Waals surface area contributed by atoms with E-state index in [2.05, 4.69) is 28.1 Å². The maximum absolute atomic E-state index is 13.4. The summed E-state index contributed by atoms with van der Waals surface area (Å²) in [4.78, 5) is 28.3. The van der Waals surface area contributed by atoms with Gasteiger partial charge in [-0.3, -0.25) is 9.69 Å². The summed E-state index contributed by atoms with van der Waals surface area (Å²) in [6, 6.07) is 9.50. The SMILES string of the molecule is CC(C)(C)OC(=O)N1CSC[C@H]1C(=O)N[C@H](CCC1CCCCC1)C(=S)NCCNCc1ccccc1.Cl. The molecule has 2 amide bonds. The smallest absolute Gasteiger partial charge is 0.411 e. The van der Waals surface area contributed by atoms with E-state index in [0.29, 0.717) is 29.1 Å². The number of hydrogen-bond donors (Lipinski definition) is 3. The number of carbonyl (C=O) groups excluding carboxylic acids is 2. The van der Waals surface area contributed by atoms with Gasteiger partial charge in [-0.1, -0.05) is 74.7 Å². The Morgan fingerprint density at radius 1 is 1.13 bits per heavy atom. The fourth-order valence-corrected chi connectivity index (χ4v) is 6.22. The molecule has 7 nitrogen and oxygen atoms in total. The Morgan fingerprint density at radius 2 is 1.84 bits per heavy atom. The average Bonchev–Trinajstić information content (AvgIpc) is 3.37. The zero-order valence-corrected chi connectivity index (χ0v) is 25.5. The van der Waals surface area contributed by atoms with Gasteiger partial charge in [-0.25, -0.2) is 4.79 Å². The number of halogens is 1. The zero-order valence-electron chi connectivity index (χ0n) is 23.0. The van der Waals surface area contributed by atoms with Gasteiger partial charge in [0.15, 0.2) is 0 Å². The first-order valence-electron chi connectivity index (χ1n) is 13.6. The number of ether oxygens (including phenoxy) is 1. The predicted octanol–water partition coefficient (Wildman–Crippen LogP) is 5.27. The largest absolute Gasteiger partial charge is 0.444 e. The number of rotatable bonds is 11. The fourth-order valence-electron chi connectivity index (χ4n) is 4.80. The molecule has 214 valence electrons. The van der Waals surface area contributed by atoms with Gasteiger partial charge in [-0.2, -0.15) is 0 Å². The number of hydrogen-bond acceptors (Lipinski definition) is 6. The third kappa shape index (κ3) is 11.3. The molecule has 2 atom stereocenters. The van der Waals surface area contributed by atoms with Gasteiger partial charge < -0.3 is 20.7 Å². The predicted molar refractivity (Wildman–Crippen MR) is 163 cm³/mol. The van der Waals surface area contributed by atoms with E-state index < -0.39 is 17.7 Å². The van der Waals surface area contributed by atoms with Crippen molar-refractivity contribution in [3.8, 4) is 0 Å². The molecule has 3 N–H and O–H groups in total. The maximum Gasteiger partial charge on any atom is 0.411 e. The first-order chi connectivity index (χ1) is 17.7. The van der Waals surface area contributed by atoms with E-state index in [4.69, 9.17) is 17.0 Å². The molecule has 1 saturated carbocycles. The summed E-state index contributed by atoms with van der Waals surface area (Å²) in [5.41, 5.74) is 0.639. The second kappa shape index (κ2) is 16.5. The van der Waals surface area contributed by atoms with Crippen LogP contribution in [0.1, 0.15) is 71.3 Å². The molecule has 0 spiro atoms. The van der Waals surface area contributed by atoms with Crippen molar-refractivity contribution in [1.29, 1.82) is 0 Å². The van der Waals surface area contributed by atoms with Crippen molar-refractivity contribution in [2.24, 2.45) is 5.92 Å². The van der Waals surface area contributed by atoms with Crippen LogP contribution in [0.15, 0.2) is 30.3 Å². The number of amides is 2. The standard InChI is InChI=1S/C28H44N4O3S2.ClH/c1-28(2,3)35-27(34)32-20-37-19-24(32)25(33)31-23(15-14-21-10-6-4-7-11-21)26(36)30-17-16-29-18-22-12-8-5-9-13-22;/h5,8-9,12-13,21,23-24,29H,4,6-7,10-11,14-20H2,1-3H3,(H,30,36)(H,31,33);1H/t23-,24+;/m1./s1. The van der Waals surface area contributed by atoms with Crippen LogP contribution in [0.4, 0.5) is 4.79 Å². The fraction of sp³-hybridized carbons (Fsp3) is 0.679. The third-order valence-corrected chi connectivity index (χ3v) is 8.25. The second-order valence-corrected chi connectivity index (χ2v) is 12.5. The molecular formula is C28H45ClN4O3S2. The van der Waals surface area contributed by atoms with Crippen LogP contribution < -0.4 is 16.0 Å². The number of nitrogens with zero attached hydrogens (tertiary/aromatic N) is 1. The lowest BCUT2D eigenvalue weighted by Crippen LogP contribution is -2.54. The van der Waals surface area contributed by atoms with Gasteiger partial charge in [-0.05, 0) is 45.1 Å². The van der Waals surface area contributed by atoms with E-state index in [1.165, 1.54) is 42.6 Å². The van der Waals surface area contributed by atoms with Crippen LogP contribution in [0, 0.1) is 5.92 Å². The molecule has 1 aromatic rings. The van der Waals surface area contributed by atoms with Crippen molar-refractivity contribution in [2.45, 2.75) is 89.9 Å². The minimum absolute atomic E-state index is 0. The molecule has 2 fully saturated rings. The number of thioether (sulfide) groups is 1. The molecule has 2 aliphatic rings. The molecule has 0 radical (unpaired) electrons. The minimum atomic E-state index is -0.603. The summed E-state index contributed by atoms with van der Waals surface area (Å²) in [5, 5.41) is 9.98. The van der Waals surface area contributed by atoms with E-state index in [9.17, 15) is 9.59 Å². The lowest BCUT2D eigenvalue weighted by molar-refractivity contribution is -0.125. The van der Waals surface area contributed by atoms with Crippen LogP contribution >= 0.6 is 36.4 Å². The molecule has 1 saturated heterocycles. The van der Waals surface area contributed by atoms with Crippen LogP contribution in [0.5, 0.6) is 0 Å². The highest BCUT2D eigenvalue weighted by molar-refractivity contribution is 7.99. The Hall–Kier alpha value is -1.55. The van der Waals surface area contributed by atoms with Crippen LogP contribution in [0.25, 0.3) is 0 Å². The summed E-state index contributed by atoms with van der Waals surface area (Å²) in [6.07, 6.45) is 7.85. The van der Waals surface area contributed by atoms with Crippen molar-refractivity contribution >= 4 is 53.4 Å². The quantitative estimate of drug-likeness (QED) is 0.241. The van der Waals surface area contributed by atoms with Crippen molar-refractivity contribution in [3.63, 3.8) is 0 Å². The van der Waals surface area contributed by atoms with Crippen molar-refractivity contribution < 1.29 is 14.3 Å². The van der Waals surface area contributed by atoms with Crippen molar-refractivity contribution in [2.75, 3.05) is 24.7 Å². The van der Waals surface area contributed by atoms with Gasteiger partial charge >= 0.3 is 6.09 Å². The Kier molecular flexibility index (Phi) is 14.2. The Labute approximate surface area is 244 Å². The Morgan fingerprint density at radius 3 is 2.53 bits per heavy atom. The molecule has 10 heteroatoms. The first-order valence-corrected chi connectivity index (χ1v) is 15.2. The molecule has 1 aromatic carbocycles. The first kappa shape index (κ1) is 32.7. The lowest BCUT2D eigenvalue weighted by atomic mass is 9.85. The van der Waals surface area contributed by atoms with Gasteiger partial charge in [-0.15, -0.1) is 24.2 Å². The summed E-state index contributed by atoms with van der Waals surface area (Å²) >= 11 is 7.34. The Balaban J connectivity index is 0.00000507. The molecule has 1 aliphatic carbocycles. The van der Waals surface area contributed by atoms with E-state index in [1.807, 2.05) is 39.0 Å². The van der Waals surface area contributed by atoms with Gasteiger partial charge in [0.05, 0.1) is 16.9 Å². The second-order valence-electron chi connectivity index (χ2n) is 11.1. The zero-order chi connectivity index (χ0) is 26.7. The van der Waals surface area contributed by atoms with E-state index >= 15 is 0 Å².